The summed E-state index contributed by atoms with van der Waals surface area (Å²) in [7, 11) is 0. The van der Waals surface area contributed by atoms with Crippen LogP contribution in [0.5, 0.6) is 0 Å². The highest BCUT2D eigenvalue weighted by Crippen LogP contribution is 2.37. The van der Waals surface area contributed by atoms with Crippen molar-refractivity contribution in [2.75, 3.05) is 57.3 Å². The molecule has 0 spiro atoms. The fraction of sp³-hybridized carbons (Fsp3) is 0.577. The van der Waals surface area contributed by atoms with Gasteiger partial charge in [-0.25, -0.2) is 14.8 Å². The molecule has 2 amide bonds. The molecule has 1 aliphatic heterocycles. The minimum absolute atomic E-state index is 0.114. The minimum atomic E-state index is 0.114. The molecule has 2 aromatic rings. The monoisotopic (exact) mass is 484 g/mol. The zero-order valence-corrected chi connectivity index (χ0v) is 21.5. The van der Waals surface area contributed by atoms with Crippen molar-refractivity contribution in [3.8, 4) is 0 Å². The molecule has 184 valence electrons. The Labute approximate surface area is 208 Å². The highest BCUT2D eigenvalue weighted by atomic mass is 35.5. The van der Waals surface area contributed by atoms with Crippen molar-refractivity contribution in [2.45, 2.75) is 46.1 Å². The van der Waals surface area contributed by atoms with Crippen LogP contribution in [0.3, 0.4) is 0 Å². The molecule has 0 saturated carbocycles. The van der Waals surface area contributed by atoms with Crippen LogP contribution >= 0.6 is 11.6 Å². The number of fused-ring (bicyclic) bond motifs is 1. The lowest BCUT2D eigenvalue weighted by molar-refractivity contribution is 0.139. The smallest absolute Gasteiger partial charge is 0.320 e. The summed E-state index contributed by atoms with van der Waals surface area (Å²) in [5.74, 6) is 1.57. The second-order valence-corrected chi connectivity index (χ2v) is 9.77. The first-order chi connectivity index (χ1) is 16.5. The molecule has 1 aromatic heterocycles. The van der Waals surface area contributed by atoms with Crippen LogP contribution < -0.4 is 4.90 Å². The average Bonchev–Trinajstić information content (AvgIpc) is 3.25. The van der Waals surface area contributed by atoms with E-state index in [9.17, 15) is 4.79 Å². The number of halogens is 1. The SMILES string of the molecule is CCN(CC)CCN(Cc1ccc(Cl)cc1)C(=O)N1CCN(c2ncnc3c2[C@H](C)CC3)CC1. The number of hydrogen-bond acceptors (Lipinski definition) is 5. The van der Waals surface area contributed by atoms with Crippen LogP contribution in [-0.2, 0) is 13.0 Å². The average molecular weight is 485 g/mol. The maximum atomic E-state index is 13.6. The summed E-state index contributed by atoms with van der Waals surface area (Å²) >= 11 is 6.07. The summed E-state index contributed by atoms with van der Waals surface area (Å²) in [6.45, 7) is 13.7. The standard InChI is InChI=1S/C26H37ClN6O/c1-4-30(5-2)12-13-33(18-21-7-9-22(27)10-8-21)26(34)32-16-14-31(15-17-32)25-24-20(3)6-11-23(24)28-19-29-25/h7-10,19-20H,4-6,11-18H2,1-3H3/t20-/m1/s1. The van der Waals surface area contributed by atoms with Crippen molar-refractivity contribution in [3.63, 3.8) is 0 Å². The van der Waals surface area contributed by atoms with Gasteiger partial charge in [0.2, 0.25) is 0 Å². The van der Waals surface area contributed by atoms with Crippen LogP contribution in [0.4, 0.5) is 10.6 Å². The summed E-state index contributed by atoms with van der Waals surface area (Å²) in [5.41, 5.74) is 3.61. The van der Waals surface area contributed by atoms with E-state index in [-0.39, 0.29) is 6.03 Å². The number of aromatic nitrogens is 2. The fourth-order valence-electron chi connectivity index (χ4n) is 5.04. The van der Waals surface area contributed by atoms with Gasteiger partial charge in [0.1, 0.15) is 12.1 Å². The van der Waals surface area contributed by atoms with Gasteiger partial charge < -0.3 is 19.6 Å². The molecule has 0 N–H and O–H groups in total. The van der Waals surface area contributed by atoms with E-state index in [1.165, 1.54) is 11.3 Å². The number of likely N-dealkylation sites (N-methyl/N-ethyl adjacent to an activating group) is 1. The number of hydrogen-bond donors (Lipinski definition) is 0. The van der Waals surface area contributed by atoms with Gasteiger partial charge in [-0.3, -0.25) is 0 Å². The van der Waals surface area contributed by atoms with Crippen molar-refractivity contribution >= 4 is 23.4 Å². The summed E-state index contributed by atoms with van der Waals surface area (Å²) < 4.78 is 0. The zero-order chi connectivity index (χ0) is 24.1. The molecule has 8 heteroatoms. The van der Waals surface area contributed by atoms with E-state index in [1.54, 1.807) is 6.33 Å². The third-order valence-electron chi connectivity index (χ3n) is 7.24. The number of amides is 2. The third kappa shape index (κ3) is 5.63. The number of nitrogens with zero attached hydrogens (tertiary/aromatic N) is 6. The lowest BCUT2D eigenvalue weighted by Gasteiger charge is -2.39. The largest absolute Gasteiger partial charge is 0.353 e. The van der Waals surface area contributed by atoms with Crippen molar-refractivity contribution < 1.29 is 4.79 Å². The summed E-state index contributed by atoms with van der Waals surface area (Å²) in [6, 6.07) is 7.92. The number of anilines is 1. The van der Waals surface area contributed by atoms with E-state index in [0.717, 1.165) is 56.9 Å². The van der Waals surface area contributed by atoms with Gasteiger partial charge in [-0.2, -0.15) is 0 Å². The molecule has 7 nitrogen and oxygen atoms in total. The van der Waals surface area contributed by atoms with Crippen LogP contribution in [-0.4, -0.2) is 83.1 Å². The Balaban J connectivity index is 1.42. The molecule has 1 fully saturated rings. The van der Waals surface area contributed by atoms with Crippen LogP contribution in [0.1, 0.15) is 49.9 Å². The van der Waals surface area contributed by atoms with Crippen LogP contribution in [0.2, 0.25) is 5.02 Å². The molecule has 0 unspecified atom stereocenters. The van der Waals surface area contributed by atoms with E-state index in [1.807, 2.05) is 34.1 Å². The predicted octanol–water partition coefficient (Wildman–Crippen LogP) is 4.27. The molecule has 0 radical (unpaired) electrons. The number of benzene rings is 1. The van der Waals surface area contributed by atoms with Gasteiger partial charge >= 0.3 is 6.03 Å². The maximum absolute atomic E-state index is 13.6. The maximum Gasteiger partial charge on any atom is 0.320 e. The molecule has 0 bridgehead atoms. The molecular formula is C26H37ClN6O. The Hall–Kier alpha value is -2.38. The number of rotatable bonds is 8. The van der Waals surface area contributed by atoms with Gasteiger partial charge in [0.05, 0.1) is 0 Å². The molecule has 1 aliphatic carbocycles. The summed E-state index contributed by atoms with van der Waals surface area (Å²) in [4.78, 5) is 31.4. The number of carbonyl (C=O) groups excluding carboxylic acids is 1. The molecule has 4 rings (SSSR count). The normalized spacial score (nSPS) is 17.9. The number of carbonyl (C=O) groups is 1. The Bertz CT molecular complexity index is 956. The zero-order valence-electron chi connectivity index (χ0n) is 20.7. The van der Waals surface area contributed by atoms with E-state index >= 15 is 0 Å². The van der Waals surface area contributed by atoms with E-state index in [4.69, 9.17) is 11.6 Å². The second-order valence-electron chi connectivity index (χ2n) is 9.33. The molecule has 1 aromatic carbocycles. The molecule has 1 atom stereocenters. The molecule has 34 heavy (non-hydrogen) atoms. The lowest BCUT2D eigenvalue weighted by atomic mass is 10.1. The van der Waals surface area contributed by atoms with Gasteiger partial charge in [-0.05, 0) is 49.5 Å². The van der Waals surface area contributed by atoms with E-state index < -0.39 is 0 Å². The highest BCUT2D eigenvalue weighted by Gasteiger charge is 2.30. The van der Waals surface area contributed by atoms with Crippen molar-refractivity contribution in [2.24, 2.45) is 0 Å². The van der Waals surface area contributed by atoms with Crippen LogP contribution in [0.25, 0.3) is 0 Å². The van der Waals surface area contributed by atoms with Gasteiger partial charge in [0.15, 0.2) is 0 Å². The summed E-state index contributed by atoms with van der Waals surface area (Å²) in [6.07, 6.45) is 3.88. The molecule has 2 aliphatic rings. The molecule has 2 heterocycles. The third-order valence-corrected chi connectivity index (χ3v) is 7.49. The quantitative estimate of drug-likeness (QED) is 0.560. The van der Waals surface area contributed by atoms with E-state index in [0.29, 0.717) is 37.1 Å². The topological polar surface area (TPSA) is 55.8 Å². The first kappa shape index (κ1) is 24.7. The second kappa shape index (κ2) is 11.4. The minimum Gasteiger partial charge on any atom is -0.353 e. The Kier molecular flexibility index (Phi) is 8.27. The van der Waals surface area contributed by atoms with Gasteiger partial charge in [0, 0.05) is 62.1 Å². The highest BCUT2D eigenvalue weighted by molar-refractivity contribution is 6.30. The van der Waals surface area contributed by atoms with Crippen molar-refractivity contribution in [1.29, 1.82) is 0 Å². The van der Waals surface area contributed by atoms with Crippen LogP contribution in [0, 0.1) is 0 Å². The predicted molar refractivity (Wildman–Crippen MR) is 138 cm³/mol. The van der Waals surface area contributed by atoms with Gasteiger partial charge in [-0.1, -0.05) is 44.5 Å². The van der Waals surface area contributed by atoms with E-state index in [2.05, 4.69) is 40.5 Å². The number of aryl methyl sites for hydroxylation is 1. The van der Waals surface area contributed by atoms with Gasteiger partial charge in [0.25, 0.3) is 0 Å². The molecule has 1 saturated heterocycles. The molecular weight excluding hydrogens is 448 g/mol. The first-order valence-corrected chi connectivity index (χ1v) is 13.0. The number of urea groups is 1. The fourth-order valence-corrected chi connectivity index (χ4v) is 5.17. The summed E-state index contributed by atoms with van der Waals surface area (Å²) in [5, 5.41) is 0.714. The number of piperazine rings is 1. The Morgan fingerprint density at radius 2 is 1.76 bits per heavy atom. The van der Waals surface area contributed by atoms with Crippen molar-refractivity contribution in [3.05, 3.63) is 52.4 Å². The Morgan fingerprint density at radius 1 is 1.06 bits per heavy atom. The van der Waals surface area contributed by atoms with Crippen molar-refractivity contribution in [1.82, 2.24) is 24.7 Å². The lowest BCUT2D eigenvalue weighted by Crippen LogP contribution is -2.54. The van der Waals surface area contributed by atoms with Gasteiger partial charge in [-0.15, -0.1) is 0 Å². The Morgan fingerprint density at radius 3 is 2.44 bits per heavy atom. The first-order valence-electron chi connectivity index (χ1n) is 12.6. The van der Waals surface area contributed by atoms with Crippen LogP contribution in [0.15, 0.2) is 30.6 Å².